The van der Waals surface area contributed by atoms with Crippen LogP contribution in [0.25, 0.3) is 16.8 Å². The molecule has 4 aromatic rings. The number of fused-ring (bicyclic) bond motifs is 2. The number of ether oxygens (including phenoxy) is 3. The Morgan fingerprint density at radius 1 is 1.17 bits per heavy atom. The predicted molar refractivity (Wildman–Crippen MR) is 134 cm³/mol. The lowest BCUT2D eigenvalue weighted by Gasteiger charge is -2.21. The van der Waals surface area contributed by atoms with Gasteiger partial charge in [0, 0.05) is 29.0 Å². The van der Waals surface area contributed by atoms with Crippen LogP contribution in [0.5, 0.6) is 17.2 Å². The molecule has 1 saturated heterocycles. The number of aliphatic hydroxyl groups excluding tert-OH is 1. The number of H-pyrrole nitrogens is 1. The van der Waals surface area contributed by atoms with Crippen LogP contribution in [0.2, 0.25) is 0 Å². The highest BCUT2D eigenvalue weighted by molar-refractivity contribution is 7.10. The van der Waals surface area contributed by atoms with Gasteiger partial charge >= 0.3 is 5.91 Å². The Hall–Kier alpha value is -4.31. The van der Waals surface area contributed by atoms with Crippen LogP contribution in [0.4, 0.5) is 5.95 Å². The second kappa shape index (κ2) is 8.42. The number of carbonyl (C=O) groups is 2. The lowest BCUT2D eigenvalue weighted by Crippen LogP contribution is -2.30. The lowest BCUT2D eigenvalue weighted by atomic mass is 9.98. The molecule has 2 aliphatic rings. The highest BCUT2D eigenvalue weighted by Gasteiger charge is 2.48. The maximum atomic E-state index is 13.4. The van der Waals surface area contributed by atoms with Crippen LogP contribution in [0.15, 0.2) is 53.4 Å². The van der Waals surface area contributed by atoms with Gasteiger partial charge in [-0.05, 0) is 35.2 Å². The number of aromatic nitrogens is 2. The van der Waals surface area contributed by atoms with Gasteiger partial charge in [-0.25, -0.2) is 4.98 Å². The van der Waals surface area contributed by atoms with Gasteiger partial charge in [0.1, 0.15) is 17.6 Å². The highest BCUT2D eigenvalue weighted by atomic mass is 32.1. The van der Waals surface area contributed by atoms with Gasteiger partial charge in [0.05, 0.1) is 37.4 Å². The first-order valence-corrected chi connectivity index (χ1v) is 12.1. The average molecular weight is 504 g/mol. The fourth-order valence-electron chi connectivity index (χ4n) is 4.69. The average Bonchev–Trinajstić information content (AvgIpc) is 3.68. The second-order valence-corrected chi connectivity index (χ2v) is 9.37. The number of amides is 1. The molecule has 0 aliphatic carbocycles. The van der Waals surface area contributed by atoms with E-state index >= 15 is 0 Å². The quantitative estimate of drug-likeness (QED) is 0.238. The second-order valence-electron chi connectivity index (χ2n) is 8.39. The molecule has 2 aromatic carbocycles. The number of benzene rings is 2. The van der Waals surface area contributed by atoms with Crippen LogP contribution in [0.3, 0.4) is 0 Å². The molecule has 2 aliphatic heterocycles. The van der Waals surface area contributed by atoms with E-state index in [0.29, 0.717) is 41.1 Å². The Balaban J connectivity index is 1.51. The lowest BCUT2D eigenvalue weighted by molar-refractivity contribution is -0.132. The number of ketones is 1. The number of hydrogen-bond acceptors (Lipinski definition) is 8. The highest BCUT2D eigenvalue weighted by Crippen LogP contribution is 2.44. The summed E-state index contributed by atoms with van der Waals surface area (Å²) < 4.78 is 16.3. The van der Waals surface area contributed by atoms with E-state index in [0.717, 1.165) is 16.2 Å². The normalized spacial score (nSPS) is 18.5. The molecular weight excluding hydrogens is 482 g/mol. The van der Waals surface area contributed by atoms with Crippen molar-refractivity contribution >= 4 is 45.8 Å². The number of nitrogens with zero attached hydrogens (tertiary/aromatic N) is 2. The standard InChI is InChI=1S/C26H21N3O6S/c1-33-18-11-15-16(12-19(18)34-2)28-26(27-15)29-22(20-4-3-9-36-20)21(24(31)25(29)32)23(30)14-5-6-17-13(10-14)7-8-35-17/h3-6,9-12,22,30H,7-8H2,1-2H3,(H,27,28)/b23-21+. The van der Waals surface area contributed by atoms with Gasteiger partial charge in [0.2, 0.25) is 5.95 Å². The molecule has 36 heavy (non-hydrogen) atoms. The largest absolute Gasteiger partial charge is 0.507 e. The number of nitrogens with one attached hydrogen (secondary N) is 1. The number of carbonyl (C=O) groups excluding carboxylic acids is 2. The first kappa shape index (κ1) is 22.2. The van der Waals surface area contributed by atoms with E-state index in [1.165, 1.54) is 30.5 Å². The number of imidazole rings is 1. The molecule has 2 N–H and O–H groups in total. The third-order valence-electron chi connectivity index (χ3n) is 6.42. The van der Waals surface area contributed by atoms with Crippen LogP contribution in [0.1, 0.15) is 22.0 Å². The third kappa shape index (κ3) is 3.33. The molecule has 0 bridgehead atoms. The molecule has 1 atom stereocenters. The summed E-state index contributed by atoms with van der Waals surface area (Å²) in [7, 11) is 3.05. The molecule has 10 heteroatoms. The maximum Gasteiger partial charge on any atom is 0.302 e. The third-order valence-corrected chi connectivity index (χ3v) is 7.35. The van der Waals surface area contributed by atoms with Crippen molar-refractivity contribution in [3.05, 3.63) is 69.4 Å². The summed E-state index contributed by atoms with van der Waals surface area (Å²) in [6, 6.07) is 11.5. The van der Waals surface area contributed by atoms with Gasteiger partial charge in [0.25, 0.3) is 5.78 Å². The molecule has 182 valence electrons. The Morgan fingerprint density at radius 2 is 1.97 bits per heavy atom. The van der Waals surface area contributed by atoms with E-state index in [1.54, 1.807) is 30.3 Å². The number of hydrogen-bond donors (Lipinski definition) is 2. The number of thiophene rings is 1. The number of Topliss-reactive ketones (excluding diaryl/α,β-unsaturated/α-hetero) is 1. The van der Waals surface area contributed by atoms with E-state index in [2.05, 4.69) is 9.97 Å². The predicted octanol–water partition coefficient (Wildman–Crippen LogP) is 4.20. The van der Waals surface area contributed by atoms with Gasteiger partial charge in [-0.1, -0.05) is 6.07 Å². The Bertz CT molecular complexity index is 1510. The molecule has 1 amide bonds. The molecular formula is C26H21N3O6S. The van der Waals surface area contributed by atoms with Crippen LogP contribution in [-0.4, -0.2) is 47.6 Å². The minimum absolute atomic E-state index is 0.0110. The van der Waals surface area contributed by atoms with Gasteiger partial charge in [-0.15, -0.1) is 11.3 Å². The van der Waals surface area contributed by atoms with Crippen molar-refractivity contribution in [2.75, 3.05) is 25.7 Å². The summed E-state index contributed by atoms with van der Waals surface area (Å²) in [4.78, 5) is 36.5. The summed E-state index contributed by atoms with van der Waals surface area (Å²) in [6.45, 7) is 0.570. The minimum Gasteiger partial charge on any atom is -0.507 e. The Kier molecular flexibility index (Phi) is 5.18. The Morgan fingerprint density at radius 3 is 2.72 bits per heavy atom. The zero-order valence-corrected chi connectivity index (χ0v) is 20.2. The van der Waals surface area contributed by atoms with Gasteiger partial charge in [0.15, 0.2) is 11.5 Å². The molecule has 0 spiro atoms. The SMILES string of the molecule is COc1cc2nc(N3C(=O)C(=O)/C(=C(/O)c4ccc5c(c4)CCO5)C3c3cccs3)[nH]c2cc1OC. The van der Waals surface area contributed by atoms with Gasteiger partial charge in [-0.2, -0.15) is 0 Å². The number of aromatic amines is 1. The molecule has 0 radical (unpaired) electrons. The summed E-state index contributed by atoms with van der Waals surface area (Å²) in [5.41, 5.74) is 2.55. The van der Waals surface area contributed by atoms with Crippen molar-refractivity contribution in [1.82, 2.24) is 9.97 Å². The monoisotopic (exact) mass is 503 g/mol. The number of rotatable bonds is 5. The molecule has 1 fully saturated rings. The molecule has 9 nitrogen and oxygen atoms in total. The van der Waals surface area contributed by atoms with Crippen LogP contribution < -0.4 is 19.1 Å². The molecule has 4 heterocycles. The van der Waals surface area contributed by atoms with Gasteiger partial charge < -0.3 is 24.3 Å². The summed E-state index contributed by atoms with van der Waals surface area (Å²) in [5.74, 6) is 0.134. The zero-order valence-electron chi connectivity index (χ0n) is 19.4. The Labute approximate surface area is 209 Å². The van der Waals surface area contributed by atoms with Crippen LogP contribution >= 0.6 is 11.3 Å². The smallest absolute Gasteiger partial charge is 0.302 e. The number of methoxy groups -OCH3 is 2. The van der Waals surface area contributed by atoms with Crippen molar-refractivity contribution in [3.63, 3.8) is 0 Å². The van der Waals surface area contributed by atoms with Gasteiger partial charge in [-0.3, -0.25) is 14.5 Å². The van der Waals surface area contributed by atoms with Crippen molar-refractivity contribution in [2.24, 2.45) is 0 Å². The zero-order chi connectivity index (χ0) is 25.0. The summed E-state index contributed by atoms with van der Waals surface area (Å²) in [6.07, 6.45) is 0.713. The van der Waals surface area contributed by atoms with E-state index in [4.69, 9.17) is 14.2 Å². The first-order chi connectivity index (χ1) is 17.5. The minimum atomic E-state index is -0.848. The van der Waals surface area contributed by atoms with Crippen LogP contribution in [0, 0.1) is 0 Å². The topological polar surface area (TPSA) is 114 Å². The molecule has 1 unspecified atom stereocenters. The van der Waals surface area contributed by atoms with Crippen LogP contribution in [-0.2, 0) is 16.0 Å². The number of anilines is 1. The van der Waals surface area contributed by atoms with Crippen molar-refractivity contribution in [1.29, 1.82) is 0 Å². The van der Waals surface area contributed by atoms with Crippen molar-refractivity contribution in [2.45, 2.75) is 12.5 Å². The molecule has 2 aromatic heterocycles. The summed E-state index contributed by atoms with van der Waals surface area (Å²) >= 11 is 1.39. The molecule has 6 rings (SSSR count). The molecule has 0 saturated carbocycles. The first-order valence-electron chi connectivity index (χ1n) is 11.2. The van der Waals surface area contributed by atoms with E-state index in [1.807, 2.05) is 17.5 Å². The fraction of sp³-hybridized carbons (Fsp3) is 0.192. The van der Waals surface area contributed by atoms with E-state index < -0.39 is 17.7 Å². The van der Waals surface area contributed by atoms with Crippen molar-refractivity contribution < 1.29 is 28.9 Å². The number of aliphatic hydroxyl groups is 1. The van der Waals surface area contributed by atoms with Crippen molar-refractivity contribution in [3.8, 4) is 17.2 Å². The van der Waals surface area contributed by atoms with E-state index in [9.17, 15) is 14.7 Å². The fourth-order valence-corrected chi connectivity index (χ4v) is 5.52. The van der Waals surface area contributed by atoms with E-state index in [-0.39, 0.29) is 17.3 Å². The summed E-state index contributed by atoms with van der Waals surface area (Å²) in [5, 5.41) is 13.2. The maximum absolute atomic E-state index is 13.4.